The normalized spacial score (nSPS) is 13.9. The summed E-state index contributed by atoms with van der Waals surface area (Å²) in [5.41, 5.74) is 20.5. The molecule has 0 spiro atoms. The zero-order valence-corrected chi connectivity index (χ0v) is 23.4. The van der Waals surface area contributed by atoms with Crippen molar-refractivity contribution < 1.29 is 52.5 Å². The fourth-order valence-electron chi connectivity index (χ4n) is 1.14. The van der Waals surface area contributed by atoms with Crippen molar-refractivity contribution in [2.75, 3.05) is 0 Å². The average Bonchev–Trinajstić information content (AvgIpc) is 3.07. The Morgan fingerprint density at radius 1 is 0.700 bits per heavy atom. The van der Waals surface area contributed by atoms with Crippen molar-refractivity contribution in [1.82, 2.24) is 0 Å². The van der Waals surface area contributed by atoms with Gasteiger partial charge in [0.05, 0.1) is 0 Å². The Morgan fingerprint density at radius 2 is 0.900 bits per heavy atom. The summed E-state index contributed by atoms with van der Waals surface area (Å²) in [7, 11) is 0. The van der Waals surface area contributed by atoms with E-state index in [1.807, 2.05) is 41.5 Å². The van der Waals surface area contributed by atoms with Crippen LogP contribution in [0.25, 0.3) is 17.2 Å². The van der Waals surface area contributed by atoms with Crippen molar-refractivity contribution in [3.63, 3.8) is 0 Å². The largest absolute Gasteiger partial charge is 4.00 e. The Hall–Kier alpha value is 0.236. The summed E-state index contributed by atoms with van der Waals surface area (Å²) in [6.07, 6.45) is 2.92. The van der Waals surface area contributed by atoms with Crippen LogP contribution in [0.1, 0.15) is 60.8 Å². The molecule has 0 aliphatic rings. The van der Waals surface area contributed by atoms with Crippen molar-refractivity contribution in [2.45, 2.75) is 88.9 Å². The molecule has 1 aromatic rings. The van der Waals surface area contributed by atoms with Gasteiger partial charge in [-0.15, -0.1) is 18.1 Å². The summed E-state index contributed by atoms with van der Waals surface area (Å²) in [4.78, 5) is 0. The first kappa shape index (κ1) is 37.5. The molecule has 0 amide bonds. The molecule has 0 saturated carbocycles. The van der Waals surface area contributed by atoms with Gasteiger partial charge >= 0.3 is 106 Å². The Kier molecular flexibility index (Phi) is 24.9. The van der Waals surface area contributed by atoms with Crippen LogP contribution in [0.2, 0.25) is 0 Å². The number of alkyl halides is 6. The van der Waals surface area contributed by atoms with Crippen LogP contribution >= 0.6 is 0 Å². The molecular weight excluding hydrogens is 548 g/mol. The van der Waals surface area contributed by atoms with Gasteiger partial charge in [0, 0.05) is 0 Å². The molecule has 0 saturated heterocycles. The predicted molar refractivity (Wildman–Crippen MR) is 113 cm³/mol. The third-order valence-electron chi connectivity index (χ3n) is 3.51. The zero-order valence-electron chi connectivity index (χ0n) is 18.5. The van der Waals surface area contributed by atoms with E-state index in [-0.39, 0.29) is 44.3 Å². The first-order chi connectivity index (χ1) is 13.0. The van der Waals surface area contributed by atoms with Gasteiger partial charge in [0.15, 0.2) is 0 Å². The van der Waals surface area contributed by atoms with Gasteiger partial charge in [-0.1, -0.05) is 60.8 Å². The van der Waals surface area contributed by atoms with E-state index < -0.39 is 28.8 Å². The van der Waals surface area contributed by atoms with Crippen molar-refractivity contribution in [1.29, 1.82) is 0 Å². The molecular formula is C19H35F6GeN3Zr. The van der Waals surface area contributed by atoms with Gasteiger partial charge < -0.3 is 17.2 Å². The van der Waals surface area contributed by atoms with Crippen LogP contribution in [0.4, 0.5) is 26.3 Å². The van der Waals surface area contributed by atoms with Gasteiger partial charge in [-0.2, -0.15) is 0 Å². The van der Waals surface area contributed by atoms with E-state index in [1.165, 1.54) is 12.1 Å². The molecule has 0 aliphatic heterocycles. The minimum atomic E-state index is -5.46. The van der Waals surface area contributed by atoms with E-state index in [2.05, 4.69) is 0 Å². The van der Waals surface area contributed by atoms with Crippen LogP contribution in [0.5, 0.6) is 0 Å². The minimum Gasteiger partial charge on any atom is 4.00 e. The maximum atomic E-state index is 12.1. The first-order valence-corrected chi connectivity index (χ1v) is 13.2. The molecule has 1 aromatic carbocycles. The number of hydrogen-bond acceptors (Lipinski definition) is 0. The molecule has 3 atom stereocenters. The third-order valence-corrected chi connectivity index (χ3v) is 8.47. The molecule has 11 heteroatoms. The number of nitrogens with one attached hydrogen (secondary N) is 3. The molecule has 3 N–H and O–H groups in total. The second-order valence-electron chi connectivity index (χ2n) is 6.66. The van der Waals surface area contributed by atoms with Crippen LogP contribution in [0.15, 0.2) is 24.3 Å². The summed E-state index contributed by atoms with van der Waals surface area (Å²) >= 11 is -5.46. The molecule has 0 fully saturated rings. The summed E-state index contributed by atoms with van der Waals surface area (Å²) in [6.45, 7) is 11.7. The van der Waals surface area contributed by atoms with Crippen LogP contribution < -0.4 is 4.40 Å². The summed E-state index contributed by atoms with van der Waals surface area (Å²) in [5, 5.41) is -10.2. The van der Waals surface area contributed by atoms with Gasteiger partial charge in [0.25, 0.3) is 0 Å². The number of halogens is 6. The van der Waals surface area contributed by atoms with E-state index in [1.54, 1.807) is 0 Å². The van der Waals surface area contributed by atoms with Gasteiger partial charge in [-0.3, -0.25) is 0 Å². The van der Waals surface area contributed by atoms with E-state index in [9.17, 15) is 26.3 Å². The Bertz CT molecular complexity index is 431. The second-order valence-corrected chi connectivity index (χ2v) is 12.6. The zero-order chi connectivity index (χ0) is 23.8. The van der Waals surface area contributed by atoms with Gasteiger partial charge in [-0.05, 0) is 0 Å². The van der Waals surface area contributed by atoms with Crippen LogP contribution in [0, 0.1) is 0 Å². The molecule has 0 radical (unpaired) electrons. The maximum Gasteiger partial charge on any atom is 4.00 e. The Balaban J connectivity index is -0.000000176. The molecule has 0 heterocycles. The Labute approximate surface area is 201 Å². The number of hydrogen-bond donors (Lipinski definition) is 0. The molecule has 1 rings (SSSR count). The van der Waals surface area contributed by atoms with E-state index in [0.717, 1.165) is 31.4 Å². The van der Waals surface area contributed by atoms with E-state index in [4.69, 9.17) is 17.2 Å². The van der Waals surface area contributed by atoms with E-state index >= 15 is 0 Å². The predicted octanol–water partition coefficient (Wildman–Crippen LogP) is 7.55. The van der Waals surface area contributed by atoms with Crippen molar-refractivity contribution in [3.8, 4) is 0 Å². The Morgan fingerprint density at radius 3 is 1.03 bits per heavy atom. The topological polar surface area (TPSA) is 71.4 Å². The second kappa shape index (κ2) is 19.9. The molecule has 0 aromatic heterocycles. The first-order valence-electron chi connectivity index (χ1n) is 9.52. The minimum absolute atomic E-state index is 0. The third kappa shape index (κ3) is 24.5. The fraction of sp³-hybridized carbons (Fsp3) is 0.737. The van der Waals surface area contributed by atoms with Gasteiger partial charge in [0.2, 0.25) is 0 Å². The van der Waals surface area contributed by atoms with Crippen molar-refractivity contribution in [2.24, 2.45) is 0 Å². The molecule has 0 bridgehead atoms. The van der Waals surface area contributed by atoms with Gasteiger partial charge in [0.1, 0.15) is 0 Å². The quantitative estimate of drug-likeness (QED) is 0.200. The fourth-order valence-corrected chi connectivity index (χ4v) is 4.78. The molecule has 3 nitrogen and oxygen atoms in total. The van der Waals surface area contributed by atoms with Crippen LogP contribution in [-0.4, -0.2) is 42.5 Å². The van der Waals surface area contributed by atoms with E-state index in [0.29, 0.717) is 0 Å². The van der Waals surface area contributed by atoms with Crippen LogP contribution in [0.3, 0.4) is 0 Å². The SMILES string of the molecule is CCC(C)[NH-].CCC(C)[NH-].CCC(C)[NH-].F[C](F)(F)[GeH]([c-]1cccc1)[C](F)(F)F.[Zr+4]. The van der Waals surface area contributed by atoms with Crippen molar-refractivity contribution in [3.05, 3.63) is 41.5 Å². The number of rotatable bonds is 4. The standard InChI is InChI=1S/C7H5F6Ge.3C4H10N.Zr/c8-6(9,10)14(7(11,12)13)5-3-1-2-4-5;3*1-3-4(2)5;/h1-4,14H;3*4-5H,3H2,1-2H3;/q4*-1;+4. The van der Waals surface area contributed by atoms with Crippen LogP contribution in [-0.2, 0) is 26.2 Å². The van der Waals surface area contributed by atoms with Gasteiger partial charge in [-0.25, -0.2) is 0 Å². The molecule has 30 heavy (non-hydrogen) atoms. The smallest absolute Gasteiger partial charge is 4.00 e. The summed E-state index contributed by atoms with van der Waals surface area (Å²) < 4.78 is 72.3. The van der Waals surface area contributed by atoms with Crippen molar-refractivity contribution >= 4 is 18.7 Å². The summed E-state index contributed by atoms with van der Waals surface area (Å²) in [6, 6.07) is 4.56. The molecule has 0 aliphatic carbocycles. The maximum absolute atomic E-state index is 12.1. The monoisotopic (exact) mass is 583 g/mol. The average molecular weight is 583 g/mol. The molecule has 176 valence electrons. The molecule has 3 unspecified atom stereocenters. The summed E-state index contributed by atoms with van der Waals surface area (Å²) in [5.74, 6) is 0.